The molecule has 0 amide bonds. The van der Waals surface area contributed by atoms with E-state index in [4.69, 9.17) is 18.5 Å². The lowest BCUT2D eigenvalue weighted by molar-refractivity contribution is -0.870. The molecule has 0 spiro atoms. The minimum absolute atomic E-state index is 0.0304. The zero-order valence-electron chi connectivity index (χ0n) is 52.4. The Morgan fingerprint density at radius 1 is 0.397 bits per heavy atom. The summed E-state index contributed by atoms with van der Waals surface area (Å²) in [7, 11) is 1.48. The molecular formula is C68H131NO8P+. The number of phosphoric ester groups is 1. The summed E-state index contributed by atoms with van der Waals surface area (Å²) in [5.41, 5.74) is 0. The van der Waals surface area contributed by atoms with Crippen LogP contribution in [0.25, 0.3) is 0 Å². The van der Waals surface area contributed by atoms with E-state index < -0.39 is 26.5 Å². The number of carbonyl (C=O) groups is 2. The number of esters is 2. The van der Waals surface area contributed by atoms with Gasteiger partial charge in [0.1, 0.15) is 19.8 Å². The van der Waals surface area contributed by atoms with Gasteiger partial charge in [-0.25, -0.2) is 4.57 Å². The molecule has 0 fully saturated rings. The van der Waals surface area contributed by atoms with Gasteiger partial charge in [-0.3, -0.25) is 18.6 Å². The van der Waals surface area contributed by atoms with Gasteiger partial charge in [-0.05, 0) is 64.2 Å². The third-order valence-electron chi connectivity index (χ3n) is 15.1. The molecule has 0 rings (SSSR count). The Bertz CT molecular complexity index is 1410. The smallest absolute Gasteiger partial charge is 0.462 e. The van der Waals surface area contributed by atoms with Crippen LogP contribution in [0.15, 0.2) is 36.5 Å². The summed E-state index contributed by atoms with van der Waals surface area (Å²) < 4.78 is 34.5. The standard InChI is InChI=1S/C68H130NO8P/c1-6-8-10-12-14-16-18-20-21-22-23-24-25-26-27-28-29-30-31-32-33-34-35-36-37-38-39-40-41-42-43-44-45-46-47-49-50-52-54-56-58-60-67(70)74-64-66(65-76-78(72,73)75-63-62-69(3,4)5)77-68(71)61-59-57-55-53-51-48-19-17-15-13-11-9-7-2/h11,13,17,19,22-23,66H,6-10,12,14-16,18,20-21,24-65H2,1-5H3/p+1/b13-11-,19-17-,23-22-. The number of nitrogens with zero attached hydrogens (tertiary/aromatic N) is 1. The molecule has 9 nitrogen and oxygen atoms in total. The topological polar surface area (TPSA) is 108 Å². The third-order valence-corrected chi connectivity index (χ3v) is 16.1. The van der Waals surface area contributed by atoms with Gasteiger partial charge in [0.05, 0.1) is 27.7 Å². The van der Waals surface area contributed by atoms with E-state index >= 15 is 0 Å². The number of unbranched alkanes of at least 4 members (excludes halogenated alkanes) is 43. The van der Waals surface area contributed by atoms with Crippen molar-refractivity contribution in [2.75, 3.05) is 47.5 Å². The average Bonchev–Trinajstić information content (AvgIpc) is 3.40. The highest BCUT2D eigenvalue weighted by atomic mass is 31.2. The van der Waals surface area contributed by atoms with Gasteiger partial charge in [0.15, 0.2) is 6.10 Å². The van der Waals surface area contributed by atoms with Crippen molar-refractivity contribution in [1.82, 2.24) is 0 Å². The highest BCUT2D eigenvalue weighted by molar-refractivity contribution is 7.47. The maximum Gasteiger partial charge on any atom is 0.472 e. The summed E-state index contributed by atoms with van der Waals surface area (Å²) in [5, 5.41) is 0. The quantitative estimate of drug-likeness (QED) is 0.0211. The van der Waals surface area contributed by atoms with Crippen LogP contribution in [0.3, 0.4) is 0 Å². The average molecular weight is 1120 g/mol. The predicted molar refractivity (Wildman–Crippen MR) is 335 cm³/mol. The second kappa shape index (κ2) is 59.8. The first-order valence-electron chi connectivity index (χ1n) is 33.7. The Morgan fingerprint density at radius 2 is 0.718 bits per heavy atom. The molecule has 0 aromatic heterocycles. The molecule has 0 bridgehead atoms. The van der Waals surface area contributed by atoms with E-state index in [1.165, 1.54) is 238 Å². The number of hydrogen-bond donors (Lipinski definition) is 1. The van der Waals surface area contributed by atoms with Gasteiger partial charge in [-0.15, -0.1) is 0 Å². The molecule has 0 saturated carbocycles. The number of quaternary nitrogens is 1. The number of rotatable bonds is 63. The second-order valence-electron chi connectivity index (χ2n) is 24.2. The Hall–Kier alpha value is -1.77. The molecule has 2 atom stereocenters. The monoisotopic (exact) mass is 1120 g/mol. The van der Waals surface area contributed by atoms with Crippen molar-refractivity contribution >= 4 is 19.8 Å². The van der Waals surface area contributed by atoms with Crippen LogP contribution < -0.4 is 0 Å². The molecule has 0 aromatic rings. The van der Waals surface area contributed by atoms with Crippen molar-refractivity contribution in [2.24, 2.45) is 0 Å². The van der Waals surface area contributed by atoms with Crippen LogP contribution in [0.2, 0.25) is 0 Å². The Balaban J connectivity index is 3.79. The molecule has 2 unspecified atom stereocenters. The van der Waals surface area contributed by atoms with Gasteiger partial charge in [0.2, 0.25) is 0 Å². The minimum Gasteiger partial charge on any atom is -0.462 e. The van der Waals surface area contributed by atoms with E-state index in [1.54, 1.807) is 0 Å². The van der Waals surface area contributed by atoms with Crippen molar-refractivity contribution in [3.8, 4) is 0 Å². The van der Waals surface area contributed by atoms with E-state index in [-0.39, 0.29) is 25.6 Å². The molecule has 0 aliphatic carbocycles. The normalized spacial score (nSPS) is 13.4. The summed E-state index contributed by atoms with van der Waals surface area (Å²) in [4.78, 5) is 35.6. The molecular weight excluding hydrogens is 990 g/mol. The lowest BCUT2D eigenvalue weighted by Crippen LogP contribution is -2.37. The van der Waals surface area contributed by atoms with Crippen molar-refractivity contribution in [2.45, 2.75) is 341 Å². The fraction of sp³-hybridized carbons (Fsp3) is 0.882. The molecule has 0 aliphatic heterocycles. The summed E-state index contributed by atoms with van der Waals surface area (Å²) >= 11 is 0. The van der Waals surface area contributed by atoms with Gasteiger partial charge in [0, 0.05) is 12.8 Å². The largest absolute Gasteiger partial charge is 0.472 e. The Morgan fingerprint density at radius 3 is 1.08 bits per heavy atom. The zero-order chi connectivity index (χ0) is 57.0. The number of likely N-dealkylation sites (N-methyl/N-ethyl adjacent to an activating group) is 1. The maximum absolute atomic E-state index is 12.8. The first-order chi connectivity index (χ1) is 38.0. The van der Waals surface area contributed by atoms with Crippen molar-refractivity contribution < 1.29 is 42.1 Å². The zero-order valence-corrected chi connectivity index (χ0v) is 53.3. The molecule has 1 N–H and O–H groups in total. The molecule has 78 heavy (non-hydrogen) atoms. The van der Waals surface area contributed by atoms with Gasteiger partial charge in [-0.2, -0.15) is 0 Å². The summed E-state index contributed by atoms with van der Waals surface area (Å²) in [5.74, 6) is -0.801. The van der Waals surface area contributed by atoms with E-state index in [1.807, 2.05) is 21.1 Å². The van der Waals surface area contributed by atoms with E-state index in [0.717, 1.165) is 64.2 Å². The van der Waals surface area contributed by atoms with E-state index in [2.05, 4.69) is 50.3 Å². The number of carbonyl (C=O) groups excluding carboxylic acids is 2. The molecule has 0 heterocycles. The van der Waals surface area contributed by atoms with E-state index in [9.17, 15) is 19.0 Å². The van der Waals surface area contributed by atoms with Crippen LogP contribution in [-0.4, -0.2) is 74.9 Å². The van der Waals surface area contributed by atoms with Crippen molar-refractivity contribution in [1.29, 1.82) is 0 Å². The molecule has 0 aromatic carbocycles. The molecule has 10 heteroatoms. The molecule has 460 valence electrons. The molecule has 0 saturated heterocycles. The lowest BCUT2D eigenvalue weighted by Gasteiger charge is -2.24. The molecule has 0 radical (unpaired) electrons. The van der Waals surface area contributed by atoms with Crippen LogP contribution in [0.1, 0.15) is 335 Å². The summed E-state index contributed by atoms with van der Waals surface area (Å²) in [6.07, 6.45) is 75.7. The minimum atomic E-state index is -4.39. The second-order valence-corrected chi connectivity index (χ2v) is 25.7. The van der Waals surface area contributed by atoms with Crippen LogP contribution in [0.5, 0.6) is 0 Å². The first-order valence-corrected chi connectivity index (χ1v) is 35.2. The maximum atomic E-state index is 12.8. The van der Waals surface area contributed by atoms with Gasteiger partial charge in [-0.1, -0.05) is 294 Å². The van der Waals surface area contributed by atoms with Crippen molar-refractivity contribution in [3.05, 3.63) is 36.5 Å². The Labute approximate surface area is 484 Å². The van der Waals surface area contributed by atoms with Crippen molar-refractivity contribution in [3.63, 3.8) is 0 Å². The fourth-order valence-corrected chi connectivity index (χ4v) is 10.7. The number of allylic oxidation sites excluding steroid dienone is 6. The van der Waals surface area contributed by atoms with Crippen LogP contribution in [0, 0.1) is 0 Å². The SMILES string of the molecule is CCC/C=C\C/C=C\CCCCCCCC(=O)OC(COC(=O)CCCCCCCCCCCCCCCCCCCCCCCCCCCCCCC/C=C\CCCCCCCCCC)COP(=O)(O)OCC[N+](C)(C)C. The number of phosphoric acid groups is 1. The number of hydrogen-bond acceptors (Lipinski definition) is 7. The van der Waals surface area contributed by atoms with Gasteiger partial charge < -0.3 is 18.9 Å². The van der Waals surface area contributed by atoms with Crippen LogP contribution in [0.4, 0.5) is 0 Å². The highest BCUT2D eigenvalue weighted by Gasteiger charge is 2.27. The van der Waals surface area contributed by atoms with Crippen LogP contribution >= 0.6 is 7.82 Å². The predicted octanol–water partition coefficient (Wildman–Crippen LogP) is 21.5. The van der Waals surface area contributed by atoms with Crippen LogP contribution in [-0.2, 0) is 32.7 Å². The third kappa shape index (κ3) is 63.4. The summed E-state index contributed by atoms with van der Waals surface area (Å²) in [6.45, 7) is 4.39. The highest BCUT2D eigenvalue weighted by Crippen LogP contribution is 2.43. The summed E-state index contributed by atoms with van der Waals surface area (Å²) in [6, 6.07) is 0. The lowest BCUT2D eigenvalue weighted by atomic mass is 10.0. The van der Waals surface area contributed by atoms with Gasteiger partial charge in [0.25, 0.3) is 0 Å². The molecule has 0 aliphatic rings. The Kier molecular flexibility index (Phi) is 58.5. The van der Waals surface area contributed by atoms with E-state index in [0.29, 0.717) is 23.9 Å². The fourth-order valence-electron chi connectivity index (χ4n) is 9.94. The number of ether oxygens (including phenoxy) is 2. The van der Waals surface area contributed by atoms with Gasteiger partial charge >= 0.3 is 19.8 Å². The first kappa shape index (κ1) is 76.2.